The number of hydrogen-bond acceptors (Lipinski definition) is 2. The van der Waals surface area contributed by atoms with E-state index in [-0.39, 0.29) is 5.91 Å². The maximum Gasteiger partial charge on any atom is 0.252 e. The molecule has 0 aliphatic carbocycles. The van der Waals surface area contributed by atoms with Gasteiger partial charge in [-0.2, -0.15) is 0 Å². The maximum absolute atomic E-state index is 11.7. The number of hydrogen-bond donors (Lipinski definition) is 2. The van der Waals surface area contributed by atoms with Crippen LogP contribution in [0.5, 0.6) is 0 Å². The van der Waals surface area contributed by atoms with Crippen molar-refractivity contribution in [2.24, 2.45) is 0 Å². The number of amides is 1. The van der Waals surface area contributed by atoms with E-state index < -0.39 is 0 Å². The molecular formula is C17H19ClN2O. The molecule has 0 atom stereocenters. The summed E-state index contributed by atoms with van der Waals surface area (Å²) in [6.45, 7) is 4.90. The summed E-state index contributed by atoms with van der Waals surface area (Å²) in [6.07, 6.45) is 0. The van der Waals surface area contributed by atoms with Crippen molar-refractivity contribution in [1.29, 1.82) is 0 Å². The second-order valence-electron chi connectivity index (χ2n) is 5.05. The van der Waals surface area contributed by atoms with Gasteiger partial charge in [-0.15, -0.1) is 0 Å². The zero-order valence-electron chi connectivity index (χ0n) is 12.5. The Balaban J connectivity index is 2.13. The highest BCUT2D eigenvalue weighted by Gasteiger charge is 2.09. The number of benzene rings is 2. The first-order valence-electron chi connectivity index (χ1n) is 6.83. The largest absolute Gasteiger partial charge is 0.381 e. The number of carbonyl (C=O) groups is 1. The van der Waals surface area contributed by atoms with Crippen LogP contribution in [0.3, 0.4) is 0 Å². The molecule has 0 heterocycles. The molecule has 0 aromatic heterocycles. The van der Waals surface area contributed by atoms with E-state index in [1.165, 1.54) is 16.7 Å². The molecule has 1 amide bonds. The Labute approximate surface area is 130 Å². The second kappa shape index (κ2) is 6.64. The summed E-state index contributed by atoms with van der Waals surface area (Å²) in [5.41, 5.74) is 5.11. The van der Waals surface area contributed by atoms with Gasteiger partial charge in [-0.1, -0.05) is 29.8 Å². The molecule has 4 heteroatoms. The molecule has 2 aromatic rings. The van der Waals surface area contributed by atoms with Crippen LogP contribution >= 0.6 is 11.6 Å². The van der Waals surface area contributed by atoms with Crippen LogP contribution in [-0.4, -0.2) is 13.0 Å². The minimum Gasteiger partial charge on any atom is -0.381 e. The van der Waals surface area contributed by atoms with E-state index in [4.69, 9.17) is 11.6 Å². The first-order chi connectivity index (χ1) is 10.0. The summed E-state index contributed by atoms with van der Waals surface area (Å²) in [5.74, 6) is -0.185. The van der Waals surface area contributed by atoms with Crippen LogP contribution in [0.25, 0.3) is 0 Å². The van der Waals surface area contributed by atoms with Crippen molar-refractivity contribution in [3.8, 4) is 0 Å². The molecule has 0 aliphatic heterocycles. The lowest BCUT2D eigenvalue weighted by molar-refractivity contribution is 0.0963. The normalized spacial score (nSPS) is 10.3. The Bertz CT molecular complexity index is 668. The van der Waals surface area contributed by atoms with E-state index in [0.717, 1.165) is 5.69 Å². The van der Waals surface area contributed by atoms with Crippen molar-refractivity contribution in [3.05, 3.63) is 63.7 Å². The van der Waals surface area contributed by atoms with Crippen molar-refractivity contribution in [1.82, 2.24) is 5.32 Å². The van der Waals surface area contributed by atoms with E-state index in [0.29, 0.717) is 17.1 Å². The summed E-state index contributed by atoms with van der Waals surface area (Å²) >= 11 is 6.04. The summed E-state index contributed by atoms with van der Waals surface area (Å²) in [4.78, 5) is 11.7. The van der Waals surface area contributed by atoms with E-state index in [1.54, 1.807) is 19.2 Å². The number of anilines is 1. The highest BCUT2D eigenvalue weighted by molar-refractivity contribution is 6.34. The fourth-order valence-corrected chi connectivity index (χ4v) is 2.26. The monoisotopic (exact) mass is 302 g/mol. The Hall–Kier alpha value is -2.00. The van der Waals surface area contributed by atoms with Gasteiger partial charge in [0.25, 0.3) is 5.91 Å². The average molecular weight is 303 g/mol. The van der Waals surface area contributed by atoms with E-state index in [9.17, 15) is 4.79 Å². The summed E-state index contributed by atoms with van der Waals surface area (Å²) in [6, 6.07) is 11.7. The van der Waals surface area contributed by atoms with E-state index in [2.05, 4.69) is 42.7 Å². The molecule has 2 rings (SSSR count). The van der Waals surface area contributed by atoms with Crippen molar-refractivity contribution >= 4 is 23.2 Å². The molecule has 110 valence electrons. The van der Waals surface area contributed by atoms with E-state index >= 15 is 0 Å². The first kappa shape index (κ1) is 15.4. The molecule has 0 radical (unpaired) electrons. The zero-order valence-corrected chi connectivity index (χ0v) is 13.2. The first-order valence-corrected chi connectivity index (χ1v) is 7.20. The van der Waals surface area contributed by atoms with Crippen molar-refractivity contribution in [3.63, 3.8) is 0 Å². The van der Waals surface area contributed by atoms with Crippen molar-refractivity contribution in [2.75, 3.05) is 12.4 Å². The standard InChI is InChI=1S/C17H19ClN2O/c1-11-4-5-13(8-12(11)2)10-20-14-6-7-16(18)15(9-14)17(21)19-3/h4-9,20H,10H2,1-3H3,(H,19,21). The molecule has 3 nitrogen and oxygen atoms in total. The topological polar surface area (TPSA) is 41.1 Å². The molecule has 2 N–H and O–H groups in total. The Morgan fingerprint density at radius 2 is 1.86 bits per heavy atom. The predicted molar refractivity (Wildman–Crippen MR) is 88.1 cm³/mol. The molecule has 0 unspecified atom stereocenters. The molecule has 0 spiro atoms. The third-order valence-corrected chi connectivity index (χ3v) is 3.84. The molecule has 0 saturated carbocycles. The lowest BCUT2D eigenvalue weighted by atomic mass is 10.1. The Morgan fingerprint density at radius 3 is 2.52 bits per heavy atom. The molecule has 0 aliphatic rings. The third kappa shape index (κ3) is 3.76. The van der Waals surface area contributed by atoms with Gasteiger partial charge in [0, 0.05) is 19.3 Å². The van der Waals surface area contributed by atoms with E-state index in [1.807, 2.05) is 6.07 Å². The molecule has 2 aromatic carbocycles. The highest BCUT2D eigenvalue weighted by Crippen LogP contribution is 2.21. The van der Waals surface area contributed by atoms with Gasteiger partial charge in [0.05, 0.1) is 10.6 Å². The van der Waals surface area contributed by atoms with Crippen LogP contribution < -0.4 is 10.6 Å². The predicted octanol–water partition coefficient (Wildman–Crippen LogP) is 3.93. The van der Waals surface area contributed by atoms with Crippen LogP contribution in [0.4, 0.5) is 5.69 Å². The van der Waals surface area contributed by atoms with Crippen molar-refractivity contribution in [2.45, 2.75) is 20.4 Å². The zero-order chi connectivity index (χ0) is 15.4. The summed E-state index contributed by atoms with van der Waals surface area (Å²) < 4.78 is 0. The van der Waals surface area contributed by atoms with Gasteiger partial charge in [0.15, 0.2) is 0 Å². The number of rotatable bonds is 4. The SMILES string of the molecule is CNC(=O)c1cc(NCc2ccc(C)c(C)c2)ccc1Cl. The van der Waals surface area contributed by atoms with Gasteiger partial charge in [-0.3, -0.25) is 4.79 Å². The minimum atomic E-state index is -0.185. The Kier molecular flexibility index (Phi) is 4.86. The van der Waals surface area contributed by atoms with Gasteiger partial charge in [0.1, 0.15) is 0 Å². The fraction of sp³-hybridized carbons (Fsp3) is 0.235. The van der Waals surface area contributed by atoms with Crippen LogP contribution in [0, 0.1) is 13.8 Å². The van der Waals surface area contributed by atoms with Crippen LogP contribution in [0.1, 0.15) is 27.0 Å². The van der Waals surface area contributed by atoms with Crippen LogP contribution in [-0.2, 0) is 6.54 Å². The second-order valence-corrected chi connectivity index (χ2v) is 5.45. The molecule has 21 heavy (non-hydrogen) atoms. The van der Waals surface area contributed by atoms with Gasteiger partial charge in [-0.05, 0) is 48.7 Å². The molecule has 0 bridgehead atoms. The lowest BCUT2D eigenvalue weighted by Crippen LogP contribution is -2.18. The van der Waals surface area contributed by atoms with Crippen LogP contribution in [0.2, 0.25) is 5.02 Å². The Morgan fingerprint density at radius 1 is 1.10 bits per heavy atom. The molecular weight excluding hydrogens is 284 g/mol. The summed E-state index contributed by atoms with van der Waals surface area (Å²) in [5, 5.41) is 6.35. The minimum absolute atomic E-state index is 0.185. The van der Waals surface area contributed by atoms with Crippen LogP contribution in [0.15, 0.2) is 36.4 Å². The van der Waals surface area contributed by atoms with Gasteiger partial charge < -0.3 is 10.6 Å². The van der Waals surface area contributed by atoms with Gasteiger partial charge >= 0.3 is 0 Å². The number of nitrogens with one attached hydrogen (secondary N) is 2. The number of halogens is 1. The quantitative estimate of drug-likeness (QED) is 0.898. The van der Waals surface area contributed by atoms with Crippen molar-refractivity contribution < 1.29 is 4.79 Å². The van der Waals surface area contributed by atoms with Gasteiger partial charge in [-0.25, -0.2) is 0 Å². The molecule has 0 fully saturated rings. The van der Waals surface area contributed by atoms with Gasteiger partial charge in [0.2, 0.25) is 0 Å². The summed E-state index contributed by atoms with van der Waals surface area (Å²) in [7, 11) is 1.59. The third-order valence-electron chi connectivity index (χ3n) is 3.51. The molecule has 0 saturated heterocycles. The average Bonchev–Trinajstić information content (AvgIpc) is 2.49. The number of aryl methyl sites for hydroxylation is 2. The smallest absolute Gasteiger partial charge is 0.252 e. The fourth-order valence-electron chi connectivity index (χ4n) is 2.06. The lowest BCUT2D eigenvalue weighted by Gasteiger charge is -2.10. The number of carbonyl (C=O) groups excluding carboxylic acids is 1. The maximum atomic E-state index is 11.7. The highest BCUT2D eigenvalue weighted by atomic mass is 35.5.